The molecule has 1 saturated heterocycles. The van der Waals surface area contributed by atoms with Crippen LogP contribution in [0.1, 0.15) is 66.7 Å². The molecule has 0 radical (unpaired) electrons. The zero-order chi connectivity index (χ0) is 36.9. The van der Waals surface area contributed by atoms with Crippen LogP contribution >= 0.6 is 0 Å². The monoisotopic (exact) mass is 686 g/mol. The van der Waals surface area contributed by atoms with E-state index in [9.17, 15) is 53.4 Å². The van der Waals surface area contributed by atoms with Gasteiger partial charge in [-0.05, 0) is 24.7 Å². The molecule has 1 rings (SSSR count). The number of hydrogen-bond donors (Lipinski definition) is 9. The van der Waals surface area contributed by atoms with E-state index in [1.165, 1.54) is 4.90 Å². The van der Waals surface area contributed by atoms with Crippen molar-refractivity contribution < 1.29 is 63.6 Å². The van der Waals surface area contributed by atoms with Crippen LogP contribution in [0.25, 0.3) is 0 Å². The summed E-state index contributed by atoms with van der Waals surface area (Å²) in [6, 6.07) is -8.65. The van der Waals surface area contributed by atoms with Crippen LogP contribution in [0.3, 0.4) is 0 Å². The van der Waals surface area contributed by atoms with Crippen LogP contribution in [-0.4, -0.2) is 128 Å². The molecule has 0 spiro atoms. The van der Waals surface area contributed by atoms with Crippen molar-refractivity contribution in [2.45, 2.75) is 103 Å². The van der Waals surface area contributed by atoms with Crippen molar-refractivity contribution in [1.29, 1.82) is 0 Å². The van der Waals surface area contributed by atoms with E-state index in [0.29, 0.717) is 12.8 Å². The minimum absolute atomic E-state index is 0.121. The van der Waals surface area contributed by atoms with Gasteiger partial charge in [0.1, 0.15) is 36.3 Å². The molecule has 0 aromatic carbocycles. The summed E-state index contributed by atoms with van der Waals surface area (Å²) in [4.78, 5) is 113. The minimum atomic E-state index is -1.79. The van der Waals surface area contributed by atoms with Gasteiger partial charge in [-0.15, -0.1) is 0 Å². The third-order valence-corrected chi connectivity index (χ3v) is 7.74. The van der Waals surface area contributed by atoms with E-state index in [1.807, 2.05) is 0 Å². The predicted molar refractivity (Wildman–Crippen MR) is 164 cm³/mol. The first-order valence-corrected chi connectivity index (χ1v) is 15.4. The summed E-state index contributed by atoms with van der Waals surface area (Å²) in [6.07, 6.45) is -0.905. The fraction of sp³-hybridized carbons (Fsp3) is 0.690. The first-order chi connectivity index (χ1) is 22.3. The van der Waals surface area contributed by atoms with Gasteiger partial charge in [0.05, 0.1) is 19.4 Å². The summed E-state index contributed by atoms with van der Waals surface area (Å²) in [7, 11) is 0. The molecule has 1 fully saturated rings. The number of aliphatic hydroxyl groups excluding tert-OH is 1. The van der Waals surface area contributed by atoms with Gasteiger partial charge in [0, 0.05) is 13.5 Å². The van der Waals surface area contributed by atoms with Crippen molar-refractivity contribution in [2.24, 2.45) is 11.8 Å². The number of nitrogens with one attached hydrogen (secondary N) is 5. The molecule has 0 unspecified atom stereocenters. The molecule has 1 heterocycles. The number of rotatable bonds is 19. The van der Waals surface area contributed by atoms with Gasteiger partial charge in [-0.25, -0.2) is 4.79 Å². The van der Waals surface area contributed by atoms with Crippen molar-refractivity contribution in [3.8, 4) is 0 Å². The molecule has 1 aliphatic rings. The fourth-order valence-electron chi connectivity index (χ4n) is 4.93. The number of carbonyl (C=O) groups is 9. The second-order valence-electron chi connectivity index (χ2n) is 11.9. The Bertz CT molecular complexity index is 1230. The van der Waals surface area contributed by atoms with Crippen LogP contribution in [0.5, 0.6) is 0 Å². The molecule has 19 nitrogen and oxygen atoms in total. The Kier molecular flexibility index (Phi) is 16.4. The highest BCUT2D eigenvalue weighted by molar-refractivity contribution is 5.98. The molecule has 6 amide bonds. The zero-order valence-corrected chi connectivity index (χ0v) is 27.5. The Morgan fingerprint density at radius 1 is 0.729 bits per heavy atom. The second kappa shape index (κ2) is 19.1. The van der Waals surface area contributed by atoms with E-state index >= 15 is 0 Å². The number of nitrogens with zero attached hydrogens (tertiary/aromatic N) is 1. The molecule has 0 aromatic rings. The lowest BCUT2D eigenvalue weighted by Gasteiger charge is -2.33. The van der Waals surface area contributed by atoms with E-state index in [-0.39, 0.29) is 13.0 Å². The Morgan fingerprint density at radius 2 is 1.25 bits per heavy atom. The number of aliphatic hydroxyl groups is 1. The number of carbonyl (C=O) groups excluding carboxylic acids is 6. The van der Waals surface area contributed by atoms with Crippen LogP contribution in [0, 0.1) is 11.8 Å². The number of amides is 6. The number of hydrogen-bond acceptors (Lipinski definition) is 10. The average Bonchev–Trinajstić information content (AvgIpc) is 3.48. The maximum absolute atomic E-state index is 13.7. The fourth-order valence-corrected chi connectivity index (χ4v) is 4.93. The van der Waals surface area contributed by atoms with E-state index in [4.69, 9.17) is 10.2 Å². The highest BCUT2D eigenvalue weighted by atomic mass is 16.4. The lowest BCUT2D eigenvalue weighted by molar-refractivity contribution is -0.146. The van der Waals surface area contributed by atoms with Gasteiger partial charge < -0.3 is 51.9 Å². The second-order valence-corrected chi connectivity index (χ2v) is 11.9. The predicted octanol–water partition coefficient (Wildman–Crippen LogP) is -2.85. The minimum Gasteiger partial charge on any atom is -0.481 e. The summed E-state index contributed by atoms with van der Waals surface area (Å²) >= 11 is 0. The molecular weight excluding hydrogens is 640 g/mol. The lowest BCUT2D eigenvalue weighted by atomic mass is 9.95. The third kappa shape index (κ3) is 12.4. The summed E-state index contributed by atoms with van der Waals surface area (Å²) in [5, 5.41) is 48.4. The van der Waals surface area contributed by atoms with Crippen molar-refractivity contribution in [3.63, 3.8) is 0 Å². The Labute approximate surface area is 276 Å². The molecule has 19 heteroatoms. The summed E-state index contributed by atoms with van der Waals surface area (Å²) < 4.78 is 0. The third-order valence-electron chi connectivity index (χ3n) is 7.74. The molecule has 270 valence electrons. The highest BCUT2D eigenvalue weighted by Gasteiger charge is 2.41. The van der Waals surface area contributed by atoms with Crippen LogP contribution in [0.4, 0.5) is 0 Å². The van der Waals surface area contributed by atoms with Gasteiger partial charge in [0.2, 0.25) is 35.4 Å². The van der Waals surface area contributed by atoms with Crippen LogP contribution in [0.2, 0.25) is 0 Å². The molecule has 1 aliphatic heterocycles. The van der Waals surface area contributed by atoms with Gasteiger partial charge in [-0.2, -0.15) is 0 Å². The Hall–Kier alpha value is -4.81. The molecule has 48 heavy (non-hydrogen) atoms. The highest BCUT2D eigenvalue weighted by Crippen LogP contribution is 2.21. The molecule has 7 atom stereocenters. The van der Waals surface area contributed by atoms with Crippen LogP contribution in [-0.2, 0) is 43.2 Å². The number of aliphatic carboxylic acids is 3. The van der Waals surface area contributed by atoms with Gasteiger partial charge in [-0.1, -0.05) is 34.1 Å². The number of likely N-dealkylation sites (tertiary alicyclic amines) is 1. The molecule has 0 aromatic heterocycles. The zero-order valence-electron chi connectivity index (χ0n) is 27.5. The molecular formula is C29H46N6O13. The van der Waals surface area contributed by atoms with Crippen LogP contribution in [0.15, 0.2) is 0 Å². The van der Waals surface area contributed by atoms with Crippen molar-refractivity contribution >= 4 is 53.4 Å². The van der Waals surface area contributed by atoms with Gasteiger partial charge >= 0.3 is 17.9 Å². The average molecular weight is 687 g/mol. The van der Waals surface area contributed by atoms with E-state index in [2.05, 4.69) is 26.6 Å². The molecule has 0 saturated carbocycles. The smallest absolute Gasteiger partial charge is 0.328 e. The van der Waals surface area contributed by atoms with Gasteiger partial charge in [0.15, 0.2) is 0 Å². The maximum atomic E-state index is 13.7. The summed E-state index contributed by atoms with van der Waals surface area (Å²) in [5.74, 6) is -10.9. The van der Waals surface area contributed by atoms with Gasteiger partial charge in [-0.3, -0.25) is 38.4 Å². The van der Waals surface area contributed by atoms with Crippen molar-refractivity contribution in [1.82, 2.24) is 31.5 Å². The van der Waals surface area contributed by atoms with Gasteiger partial charge in [0.25, 0.3) is 0 Å². The first kappa shape index (κ1) is 41.2. The SMILES string of the molecule is CC[C@H](C)[C@H](NC(=O)[C@H](CC(=O)O)NC(=O)[C@H](CC(=O)O)NC(C)=O)C(=O)N[C@H](C(=O)N1CCC[C@H]1C(=O)N[C@@H](CO)C(=O)O)C(C)C. The first-order valence-electron chi connectivity index (χ1n) is 15.4. The standard InChI is InChI=1S/C29H46N6O13/c1-6-14(4)23(34-25(43)17(11-21(40)41)31-24(42)16(10-20(38)39)30-15(5)37)27(45)33-22(13(2)3)28(46)35-9-7-8-19(35)26(44)32-18(12-36)29(47)48/h13-14,16-19,22-23,36H,6-12H2,1-5H3,(H,30,37)(H,31,42)(H,32,44)(H,33,45)(H,34,43)(H,38,39)(H,40,41)(H,47,48)/t14-,16-,17-,18-,19-,22-,23-/m0/s1. The lowest BCUT2D eigenvalue weighted by Crippen LogP contribution is -2.61. The molecule has 0 aliphatic carbocycles. The maximum Gasteiger partial charge on any atom is 0.328 e. The van der Waals surface area contributed by atoms with E-state index in [0.717, 1.165) is 6.92 Å². The molecule has 9 N–H and O–H groups in total. The topological polar surface area (TPSA) is 298 Å². The van der Waals surface area contributed by atoms with Crippen LogP contribution < -0.4 is 26.6 Å². The number of carboxylic acid groups (broad SMARTS) is 3. The Morgan fingerprint density at radius 3 is 1.71 bits per heavy atom. The largest absolute Gasteiger partial charge is 0.481 e. The Balaban J connectivity index is 3.23. The summed E-state index contributed by atoms with van der Waals surface area (Å²) in [5.41, 5.74) is 0. The van der Waals surface area contributed by atoms with Crippen molar-refractivity contribution in [2.75, 3.05) is 13.2 Å². The number of carboxylic acids is 3. The quantitative estimate of drug-likeness (QED) is 0.0662. The van der Waals surface area contributed by atoms with E-state index in [1.54, 1.807) is 27.7 Å². The summed E-state index contributed by atoms with van der Waals surface area (Å²) in [6.45, 7) is 6.82. The normalized spacial score (nSPS) is 17.9. The van der Waals surface area contributed by atoms with Crippen molar-refractivity contribution in [3.05, 3.63) is 0 Å². The van der Waals surface area contributed by atoms with E-state index < -0.39 is 121 Å². The molecule has 0 bridgehead atoms.